The van der Waals surface area contributed by atoms with Crippen LogP contribution in [0.1, 0.15) is 25.3 Å². The summed E-state index contributed by atoms with van der Waals surface area (Å²) in [5, 5.41) is 11.4. The van der Waals surface area contributed by atoms with E-state index < -0.39 is 11.9 Å². The molecule has 1 aliphatic rings. The lowest BCUT2D eigenvalue weighted by Crippen LogP contribution is -2.28. The second-order valence-corrected chi connectivity index (χ2v) is 6.44. The van der Waals surface area contributed by atoms with Gasteiger partial charge in [0.15, 0.2) is 0 Å². The Labute approximate surface area is 147 Å². The topological polar surface area (TPSA) is 66.8 Å². The predicted molar refractivity (Wildman–Crippen MR) is 95.8 cm³/mol. The van der Waals surface area contributed by atoms with Crippen molar-refractivity contribution in [1.82, 2.24) is 4.90 Å². The molecule has 2 aromatic rings. The standard InChI is InChI=1S/C20H23NO4/c1-2-11-25-18-8-7-14-5-3-4-6-16(14)17(18)9-10-21-13-15(20(23)24)12-19(21)22/h3-8,15H,2,9-13H2,1H3,(H,23,24). The quantitative estimate of drug-likeness (QED) is 0.840. The van der Waals surface area contributed by atoms with Gasteiger partial charge in [-0.25, -0.2) is 0 Å². The number of nitrogens with zero attached hydrogens (tertiary/aromatic N) is 1. The van der Waals surface area contributed by atoms with Crippen LogP contribution in [0.25, 0.3) is 10.8 Å². The average molecular weight is 341 g/mol. The summed E-state index contributed by atoms with van der Waals surface area (Å²) in [6.45, 7) is 3.52. The van der Waals surface area contributed by atoms with Crippen LogP contribution in [-0.4, -0.2) is 41.6 Å². The van der Waals surface area contributed by atoms with Crippen molar-refractivity contribution in [3.63, 3.8) is 0 Å². The Hall–Kier alpha value is -2.56. The fourth-order valence-corrected chi connectivity index (χ4v) is 3.32. The molecule has 25 heavy (non-hydrogen) atoms. The van der Waals surface area contributed by atoms with Gasteiger partial charge in [-0.05, 0) is 29.7 Å². The number of carboxylic acid groups (broad SMARTS) is 1. The number of likely N-dealkylation sites (tertiary alicyclic amines) is 1. The molecule has 5 heteroatoms. The van der Waals surface area contributed by atoms with Gasteiger partial charge in [0, 0.05) is 25.1 Å². The maximum Gasteiger partial charge on any atom is 0.308 e. The molecule has 1 saturated heterocycles. The third kappa shape index (κ3) is 3.76. The lowest BCUT2D eigenvalue weighted by Gasteiger charge is -2.19. The van der Waals surface area contributed by atoms with Crippen molar-refractivity contribution in [2.75, 3.05) is 19.7 Å². The molecule has 132 valence electrons. The van der Waals surface area contributed by atoms with Gasteiger partial charge in [0.1, 0.15) is 5.75 Å². The van der Waals surface area contributed by atoms with Crippen molar-refractivity contribution in [3.05, 3.63) is 42.0 Å². The van der Waals surface area contributed by atoms with E-state index in [0.29, 0.717) is 26.1 Å². The zero-order valence-electron chi connectivity index (χ0n) is 14.4. The molecule has 0 saturated carbocycles. The molecule has 0 radical (unpaired) electrons. The van der Waals surface area contributed by atoms with Gasteiger partial charge in [0.25, 0.3) is 0 Å². The molecule has 0 spiro atoms. The molecule has 0 bridgehead atoms. The molecule has 3 rings (SSSR count). The maximum absolute atomic E-state index is 12.1. The first-order chi connectivity index (χ1) is 12.1. The third-order valence-corrected chi connectivity index (χ3v) is 4.65. The van der Waals surface area contributed by atoms with Gasteiger partial charge >= 0.3 is 5.97 Å². The van der Waals surface area contributed by atoms with Crippen molar-refractivity contribution in [2.45, 2.75) is 26.2 Å². The molecule has 1 amide bonds. The largest absolute Gasteiger partial charge is 0.493 e. The number of carboxylic acids is 1. The first-order valence-corrected chi connectivity index (χ1v) is 8.74. The molecule has 0 aliphatic carbocycles. The molecule has 1 aliphatic heterocycles. The smallest absolute Gasteiger partial charge is 0.308 e. The Balaban J connectivity index is 1.82. The zero-order chi connectivity index (χ0) is 17.8. The number of ether oxygens (including phenoxy) is 1. The Kier molecular flexibility index (Phi) is 5.22. The van der Waals surface area contributed by atoms with Crippen molar-refractivity contribution in [3.8, 4) is 5.75 Å². The van der Waals surface area contributed by atoms with Crippen molar-refractivity contribution in [1.29, 1.82) is 0 Å². The number of fused-ring (bicyclic) bond motifs is 1. The third-order valence-electron chi connectivity index (χ3n) is 4.65. The maximum atomic E-state index is 12.1. The van der Waals surface area contributed by atoms with E-state index in [1.807, 2.05) is 24.3 Å². The van der Waals surface area contributed by atoms with Gasteiger partial charge in [-0.2, -0.15) is 0 Å². The van der Waals surface area contributed by atoms with E-state index in [-0.39, 0.29) is 12.3 Å². The van der Waals surface area contributed by atoms with Crippen molar-refractivity contribution < 1.29 is 19.4 Å². The fraction of sp³-hybridized carbons (Fsp3) is 0.400. The SMILES string of the molecule is CCCOc1ccc2ccccc2c1CCN1CC(C(=O)O)CC1=O. The first-order valence-electron chi connectivity index (χ1n) is 8.74. The fourth-order valence-electron chi connectivity index (χ4n) is 3.32. The highest BCUT2D eigenvalue weighted by atomic mass is 16.5. The van der Waals surface area contributed by atoms with E-state index >= 15 is 0 Å². The van der Waals surface area contributed by atoms with Crippen LogP contribution in [0.5, 0.6) is 5.75 Å². The number of amides is 1. The molecular formula is C20H23NO4. The van der Waals surface area contributed by atoms with Gasteiger partial charge in [0.2, 0.25) is 5.91 Å². The molecule has 5 nitrogen and oxygen atoms in total. The van der Waals surface area contributed by atoms with Crippen LogP contribution in [0.4, 0.5) is 0 Å². The number of hydrogen-bond acceptors (Lipinski definition) is 3. The lowest BCUT2D eigenvalue weighted by atomic mass is 10.0. The summed E-state index contributed by atoms with van der Waals surface area (Å²) >= 11 is 0. The summed E-state index contributed by atoms with van der Waals surface area (Å²) in [7, 11) is 0. The van der Waals surface area contributed by atoms with Gasteiger partial charge in [0.05, 0.1) is 12.5 Å². The van der Waals surface area contributed by atoms with E-state index in [0.717, 1.165) is 28.5 Å². The first kappa shape index (κ1) is 17.3. The zero-order valence-corrected chi connectivity index (χ0v) is 14.4. The lowest BCUT2D eigenvalue weighted by molar-refractivity contribution is -0.141. The van der Waals surface area contributed by atoms with Crippen molar-refractivity contribution in [2.24, 2.45) is 5.92 Å². The number of aliphatic carboxylic acids is 1. The van der Waals surface area contributed by atoms with E-state index in [2.05, 4.69) is 19.1 Å². The molecule has 1 N–H and O–H groups in total. The predicted octanol–water partition coefficient (Wildman–Crippen LogP) is 3.10. The Morgan fingerprint density at radius 2 is 2.08 bits per heavy atom. The normalized spacial score (nSPS) is 17.2. The molecule has 1 atom stereocenters. The van der Waals surface area contributed by atoms with E-state index in [9.17, 15) is 9.59 Å². The van der Waals surface area contributed by atoms with Gasteiger partial charge in [-0.3, -0.25) is 9.59 Å². The molecule has 2 aromatic carbocycles. The summed E-state index contributed by atoms with van der Waals surface area (Å²) in [5.41, 5.74) is 1.08. The summed E-state index contributed by atoms with van der Waals surface area (Å²) in [6.07, 6.45) is 1.68. The van der Waals surface area contributed by atoms with Gasteiger partial charge < -0.3 is 14.7 Å². The highest BCUT2D eigenvalue weighted by Gasteiger charge is 2.33. The minimum Gasteiger partial charge on any atom is -0.493 e. The number of carbonyl (C=O) groups is 2. The van der Waals surface area contributed by atoms with Crippen LogP contribution in [0.15, 0.2) is 36.4 Å². The Morgan fingerprint density at radius 3 is 2.80 bits per heavy atom. The van der Waals surface area contributed by atoms with Crippen LogP contribution in [0, 0.1) is 5.92 Å². The molecular weight excluding hydrogens is 318 g/mol. The average Bonchev–Trinajstić information content (AvgIpc) is 2.99. The summed E-state index contributed by atoms with van der Waals surface area (Å²) in [5.74, 6) is -0.713. The number of benzene rings is 2. The molecule has 1 fully saturated rings. The summed E-state index contributed by atoms with van der Waals surface area (Å²) in [6, 6.07) is 12.2. The second-order valence-electron chi connectivity index (χ2n) is 6.44. The minimum absolute atomic E-state index is 0.0799. The highest BCUT2D eigenvalue weighted by Crippen LogP contribution is 2.29. The Bertz CT molecular complexity index is 786. The summed E-state index contributed by atoms with van der Waals surface area (Å²) < 4.78 is 5.90. The Morgan fingerprint density at radius 1 is 1.28 bits per heavy atom. The number of carbonyl (C=O) groups excluding carboxylic acids is 1. The summed E-state index contributed by atoms with van der Waals surface area (Å²) in [4.78, 5) is 24.8. The molecule has 0 aromatic heterocycles. The van der Waals surface area contributed by atoms with Gasteiger partial charge in [-0.15, -0.1) is 0 Å². The van der Waals surface area contributed by atoms with Crippen LogP contribution >= 0.6 is 0 Å². The van der Waals surface area contributed by atoms with E-state index in [1.165, 1.54) is 0 Å². The van der Waals surface area contributed by atoms with E-state index in [1.54, 1.807) is 4.90 Å². The van der Waals surface area contributed by atoms with Crippen LogP contribution in [0.3, 0.4) is 0 Å². The van der Waals surface area contributed by atoms with Crippen LogP contribution < -0.4 is 4.74 Å². The second kappa shape index (κ2) is 7.55. The minimum atomic E-state index is -0.895. The van der Waals surface area contributed by atoms with Crippen molar-refractivity contribution >= 4 is 22.6 Å². The van der Waals surface area contributed by atoms with E-state index in [4.69, 9.17) is 9.84 Å². The molecule has 1 unspecified atom stereocenters. The number of hydrogen-bond donors (Lipinski definition) is 1. The van der Waals surface area contributed by atoms with Crippen LogP contribution in [0.2, 0.25) is 0 Å². The monoisotopic (exact) mass is 341 g/mol. The molecule has 1 heterocycles. The highest BCUT2D eigenvalue weighted by molar-refractivity contribution is 5.88. The number of rotatable bonds is 7. The van der Waals surface area contributed by atoms with Gasteiger partial charge in [-0.1, -0.05) is 37.3 Å². The van der Waals surface area contributed by atoms with Crippen LogP contribution in [-0.2, 0) is 16.0 Å².